The largest absolute Gasteiger partial charge is 0.453 e. The van der Waals surface area contributed by atoms with E-state index in [0.29, 0.717) is 10.6 Å². The maximum absolute atomic E-state index is 12.5. The van der Waals surface area contributed by atoms with Crippen molar-refractivity contribution < 1.29 is 9.21 Å². The Morgan fingerprint density at radius 3 is 3.00 bits per heavy atom. The van der Waals surface area contributed by atoms with E-state index in [2.05, 4.69) is 16.5 Å². The topological polar surface area (TPSA) is 56.0 Å². The second-order valence-corrected chi connectivity index (χ2v) is 5.53. The average molecular weight is 286 g/mol. The van der Waals surface area contributed by atoms with Gasteiger partial charge in [0.25, 0.3) is 0 Å². The van der Waals surface area contributed by atoms with Crippen molar-refractivity contribution in [2.24, 2.45) is 0 Å². The van der Waals surface area contributed by atoms with Crippen molar-refractivity contribution in [1.82, 2.24) is 9.59 Å². The van der Waals surface area contributed by atoms with Crippen LogP contribution in [0.5, 0.6) is 0 Å². The molecule has 0 radical (unpaired) electrons. The van der Waals surface area contributed by atoms with Gasteiger partial charge in [0, 0.05) is 5.39 Å². The summed E-state index contributed by atoms with van der Waals surface area (Å²) in [6.07, 6.45) is 1.70. The number of benzene rings is 1. The van der Waals surface area contributed by atoms with Crippen LogP contribution in [0, 0.1) is 6.92 Å². The van der Waals surface area contributed by atoms with Crippen LogP contribution in [0.15, 0.2) is 28.7 Å². The normalized spacial score (nSPS) is 11.1. The SMILES string of the molecule is CCCc1nnsc1C(=O)c1cc2cc(C)ccc2o1. The summed E-state index contributed by atoms with van der Waals surface area (Å²) in [6, 6.07) is 7.66. The van der Waals surface area contributed by atoms with Gasteiger partial charge in [-0.1, -0.05) is 29.5 Å². The highest BCUT2D eigenvalue weighted by atomic mass is 32.1. The van der Waals surface area contributed by atoms with Crippen molar-refractivity contribution in [3.63, 3.8) is 0 Å². The molecule has 1 aromatic carbocycles. The Bertz CT molecular complexity index is 773. The minimum Gasteiger partial charge on any atom is -0.453 e. The Kier molecular flexibility index (Phi) is 3.36. The molecule has 0 N–H and O–H groups in total. The van der Waals surface area contributed by atoms with Gasteiger partial charge < -0.3 is 4.42 Å². The summed E-state index contributed by atoms with van der Waals surface area (Å²) in [5.41, 5.74) is 2.64. The van der Waals surface area contributed by atoms with E-state index in [1.165, 1.54) is 0 Å². The first-order chi connectivity index (χ1) is 9.69. The number of hydrogen-bond acceptors (Lipinski definition) is 5. The average Bonchev–Trinajstić information content (AvgIpc) is 3.04. The van der Waals surface area contributed by atoms with Crippen molar-refractivity contribution in [1.29, 1.82) is 0 Å². The molecule has 0 atom stereocenters. The quantitative estimate of drug-likeness (QED) is 0.685. The standard InChI is InChI=1S/C15H14N2O2S/c1-3-4-11-15(20-17-16-11)14(18)13-8-10-7-9(2)5-6-12(10)19-13/h5-8H,3-4H2,1-2H3. The minimum absolute atomic E-state index is 0.127. The number of ketones is 1. The lowest BCUT2D eigenvalue weighted by atomic mass is 10.1. The molecule has 0 saturated heterocycles. The third-order valence-electron chi connectivity index (χ3n) is 3.14. The number of fused-ring (bicyclic) bond motifs is 1. The number of rotatable bonds is 4. The molecule has 0 aliphatic rings. The highest BCUT2D eigenvalue weighted by Gasteiger charge is 2.21. The van der Waals surface area contributed by atoms with E-state index in [-0.39, 0.29) is 5.78 Å². The van der Waals surface area contributed by atoms with Gasteiger partial charge in [0.2, 0.25) is 5.78 Å². The number of hydrogen-bond donors (Lipinski definition) is 0. The zero-order valence-corrected chi connectivity index (χ0v) is 12.2. The van der Waals surface area contributed by atoms with Gasteiger partial charge in [-0.25, -0.2) is 0 Å². The first-order valence-electron chi connectivity index (χ1n) is 6.55. The molecule has 3 aromatic rings. The Hall–Kier alpha value is -2.01. The van der Waals surface area contributed by atoms with Crippen LogP contribution < -0.4 is 0 Å². The molecule has 4 nitrogen and oxygen atoms in total. The predicted molar refractivity (Wildman–Crippen MR) is 78.3 cm³/mol. The summed E-state index contributed by atoms with van der Waals surface area (Å²) >= 11 is 1.13. The Morgan fingerprint density at radius 2 is 2.20 bits per heavy atom. The molecule has 2 heterocycles. The number of furan rings is 1. The molecule has 3 rings (SSSR count). The molecular weight excluding hydrogens is 272 g/mol. The zero-order valence-electron chi connectivity index (χ0n) is 11.3. The van der Waals surface area contributed by atoms with E-state index in [4.69, 9.17) is 4.42 Å². The van der Waals surface area contributed by atoms with Crippen molar-refractivity contribution in [3.8, 4) is 0 Å². The van der Waals surface area contributed by atoms with Gasteiger partial charge in [-0.2, -0.15) is 0 Å². The van der Waals surface area contributed by atoms with Crippen molar-refractivity contribution in [3.05, 3.63) is 46.2 Å². The number of carbonyl (C=O) groups is 1. The fourth-order valence-electron chi connectivity index (χ4n) is 2.17. The molecule has 102 valence electrons. The molecule has 5 heteroatoms. The van der Waals surface area contributed by atoms with Crippen LogP contribution in [0.2, 0.25) is 0 Å². The minimum atomic E-state index is -0.127. The van der Waals surface area contributed by atoms with E-state index in [1.807, 2.05) is 25.1 Å². The van der Waals surface area contributed by atoms with Gasteiger partial charge in [0.05, 0.1) is 5.69 Å². The lowest BCUT2D eigenvalue weighted by Crippen LogP contribution is -2.01. The lowest BCUT2D eigenvalue weighted by Gasteiger charge is -1.95. The van der Waals surface area contributed by atoms with E-state index in [9.17, 15) is 4.79 Å². The molecule has 0 unspecified atom stereocenters. The zero-order chi connectivity index (χ0) is 14.1. The van der Waals surface area contributed by atoms with E-state index >= 15 is 0 Å². The summed E-state index contributed by atoms with van der Waals surface area (Å²) in [5.74, 6) is 0.228. The monoisotopic (exact) mass is 286 g/mol. The second kappa shape index (κ2) is 5.17. The van der Waals surface area contributed by atoms with Gasteiger partial charge in [-0.15, -0.1) is 5.10 Å². The third-order valence-corrected chi connectivity index (χ3v) is 3.91. The predicted octanol–water partition coefficient (Wildman–Crippen LogP) is 3.78. The van der Waals surface area contributed by atoms with E-state index in [1.54, 1.807) is 6.07 Å². The molecule has 0 bridgehead atoms. The first-order valence-corrected chi connectivity index (χ1v) is 7.32. The Morgan fingerprint density at radius 1 is 1.35 bits per heavy atom. The smallest absolute Gasteiger partial charge is 0.241 e. The van der Waals surface area contributed by atoms with Gasteiger partial charge in [0.15, 0.2) is 5.76 Å². The van der Waals surface area contributed by atoms with Gasteiger partial charge in [-0.05, 0) is 43.1 Å². The molecule has 20 heavy (non-hydrogen) atoms. The molecule has 0 fully saturated rings. The summed E-state index contributed by atoms with van der Waals surface area (Å²) < 4.78 is 9.53. The summed E-state index contributed by atoms with van der Waals surface area (Å²) in [5, 5.41) is 4.97. The van der Waals surface area contributed by atoms with E-state index < -0.39 is 0 Å². The molecule has 0 saturated carbocycles. The van der Waals surface area contributed by atoms with Crippen molar-refractivity contribution >= 4 is 28.3 Å². The molecular formula is C15H14N2O2S. The van der Waals surface area contributed by atoms with Gasteiger partial charge >= 0.3 is 0 Å². The maximum atomic E-state index is 12.5. The number of carbonyl (C=O) groups excluding carboxylic acids is 1. The van der Waals surface area contributed by atoms with Crippen LogP contribution in [0.3, 0.4) is 0 Å². The van der Waals surface area contributed by atoms with Crippen LogP contribution in [-0.2, 0) is 6.42 Å². The highest BCUT2D eigenvalue weighted by molar-refractivity contribution is 7.08. The van der Waals surface area contributed by atoms with Crippen LogP contribution in [0.25, 0.3) is 11.0 Å². The number of aromatic nitrogens is 2. The Labute approximate surface area is 120 Å². The molecule has 0 aliphatic heterocycles. The van der Waals surface area contributed by atoms with Gasteiger partial charge in [0.1, 0.15) is 10.5 Å². The summed E-state index contributed by atoms with van der Waals surface area (Å²) in [6.45, 7) is 4.07. The van der Waals surface area contributed by atoms with Crippen molar-refractivity contribution in [2.75, 3.05) is 0 Å². The van der Waals surface area contributed by atoms with Crippen LogP contribution >= 0.6 is 11.5 Å². The fourth-order valence-corrected chi connectivity index (χ4v) is 2.82. The molecule has 0 aliphatic carbocycles. The Balaban J connectivity index is 2.01. The number of nitrogens with zero attached hydrogens (tertiary/aromatic N) is 2. The third kappa shape index (κ3) is 2.25. The van der Waals surface area contributed by atoms with Gasteiger partial charge in [-0.3, -0.25) is 4.79 Å². The number of aryl methyl sites for hydroxylation is 2. The first kappa shape index (κ1) is 13.0. The fraction of sp³-hybridized carbons (Fsp3) is 0.267. The maximum Gasteiger partial charge on any atom is 0.241 e. The molecule has 0 amide bonds. The highest BCUT2D eigenvalue weighted by Crippen LogP contribution is 2.24. The van der Waals surface area contributed by atoms with Crippen LogP contribution in [0.4, 0.5) is 0 Å². The summed E-state index contributed by atoms with van der Waals surface area (Å²) in [4.78, 5) is 13.1. The van der Waals surface area contributed by atoms with E-state index in [0.717, 1.165) is 46.6 Å². The van der Waals surface area contributed by atoms with Crippen LogP contribution in [0.1, 0.15) is 40.0 Å². The summed E-state index contributed by atoms with van der Waals surface area (Å²) in [7, 11) is 0. The second-order valence-electron chi connectivity index (χ2n) is 4.78. The van der Waals surface area contributed by atoms with Crippen LogP contribution in [-0.4, -0.2) is 15.4 Å². The molecule has 0 spiro atoms. The molecule has 2 aromatic heterocycles. The lowest BCUT2D eigenvalue weighted by molar-refractivity contribution is 0.101. The van der Waals surface area contributed by atoms with Crippen molar-refractivity contribution in [2.45, 2.75) is 26.7 Å².